The third-order valence-corrected chi connectivity index (χ3v) is 14.7. The van der Waals surface area contributed by atoms with Crippen LogP contribution in [0.5, 0.6) is 0 Å². The first-order valence-corrected chi connectivity index (χ1v) is 21.0. The average Bonchev–Trinajstić information content (AvgIpc) is 3.45. The molecule has 52 heavy (non-hydrogen) atoms. The van der Waals surface area contributed by atoms with Crippen LogP contribution in [0.15, 0.2) is 12.2 Å². The molecule has 9 heteroatoms. The highest BCUT2D eigenvalue weighted by molar-refractivity contribution is 5.78. The number of ether oxygens (including phenoxy) is 5. The molecule has 0 radical (unpaired) electrons. The van der Waals surface area contributed by atoms with E-state index in [1.165, 1.54) is 0 Å². The van der Waals surface area contributed by atoms with Crippen molar-refractivity contribution in [1.29, 1.82) is 0 Å². The number of aliphatic hydroxyl groups excluding tert-OH is 2. The Hall–Kier alpha value is -0.910. The largest absolute Gasteiger partial charge is 0.392 e. The number of Topliss-reactive ketones (excluding diaryl/α,β-unsaturated/α-hetero) is 1. The fourth-order valence-corrected chi connectivity index (χ4v) is 10.9. The molecule has 2 unspecified atom stereocenters. The van der Waals surface area contributed by atoms with E-state index in [-0.39, 0.29) is 71.8 Å². The van der Waals surface area contributed by atoms with Crippen LogP contribution in [0.4, 0.5) is 0 Å². The van der Waals surface area contributed by atoms with Crippen molar-refractivity contribution in [2.75, 3.05) is 0 Å². The third kappa shape index (κ3) is 8.00. The monoisotopic (exact) mass is 735 g/mol. The number of carbonyl (C=O) groups excluding carboxylic acids is 1. The fraction of sp³-hybridized carbons (Fsp3) is 0.930. The number of aliphatic hydroxyl groups is 3. The molecule has 5 rings (SSSR count). The van der Waals surface area contributed by atoms with Crippen LogP contribution in [0.1, 0.15) is 147 Å². The number of ketones is 1. The number of hydrogen-bond donors (Lipinski definition) is 3. The van der Waals surface area contributed by atoms with E-state index < -0.39 is 35.0 Å². The van der Waals surface area contributed by atoms with Gasteiger partial charge in [-0.05, 0) is 114 Å². The Kier molecular flexibility index (Phi) is 13.2. The van der Waals surface area contributed by atoms with Crippen molar-refractivity contribution in [3.63, 3.8) is 0 Å². The molecule has 0 aromatic carbocycles. The molecule has 18 atom stereocenters. The third-order valence-electron chi connectivity index (χ3n) is 14.7. The zero-order valence-corrected chi connectivity index (χ0v) is 34.3. The predicted molar refractivity (Wildman–Crippen MR) is 201 cm³/mol. The Bertz CT molecular complexity index is 1240. The van der Waals surface area contributed by atoms with Gasteiger partial charge in [0.25, 0.3) is 0 Å². The first kappa shape index (κ1) is 42.2. The molecule has 4 fully saturated rings. The molecular weight excluding hydrogens is 660 g/mol. The van der Waals surface area contributed by atoms with Crippen molar-refractivity contribution in [2.24, 2.45) is 41.4 Å². The topological polar surface area (TPSA) is 124 Å². The molecule has 0 amide bonds. The van der Waals surface area contributed by atoms with Gasteiger partial charge in [-0.1, -0.05) is 61.8 Å². The van der Waals surface area contributed by atoms with Crippen molar-refractivity contribution in [3.8, 4) is 0 Å². The number of hydrogen-bond acceptors (Lipinski definition) is 9. The normalized spacial score (nSPS) is 46.9. The van der Waals surface area contributed by atoms with E-state index in [1.807, 2.05) is 26.0 Å². The lowest BCUT2D eigenvalue weighted by Crippen LogP contribution is -2.62. The van der Waals surface area contributed by atoms with Crippen LogP contribution >= 0.6 is 0 Å². The molecule has 4 saturated heterocycles. The second-order valence-corrected chi connectivity index (χ2v) is 18.4. The van der Waals surface area contributed by atoms with Crippen molar-refractivity contribution in [3.05, 3.63) is 12.2 Å². The van der Waals surface area contributed by atoms with E-state index in [0.29, 0.717) is 38.0 Å². The van der Waals surface area contributed by atoms with Gasteiger partial charge in [0.05, 0.1) is 47.8 Å². The first-order valence-electron chi connectivity index (χ1n) is 21.0. The number of rotatable bonds is 12. The van der Waals surface area contributed by atoms with Crippen LogP contribution < -0.4 is 0 Å². The van der Waals surface area contributed by atoms with Crippen molar-refractivity contribution >= 4 is 5.78 Å². The van der Waals surface area contributed by atoms with Crippen LogP contribution in [0.25, 0.3) is 0 Å². The molecule has 3 N–H and O–H groups in total. The molecule has 0 aromatic rings. The first-order chi connectivity index (χ1) is 24.4. The van der Waals surface area contributed by atoms with Gasteiger partial charge in [-0.25, -0.2) is 0 Å². The standard InChI is InChI=1S/C43H74O9/c1-12-32(24-26(5)37(46)29(8)38-25(4)15-16-34(49-38)33(13-2)30(9)44)39-27(6)23-28(7)42(50-39)20-17-35(45)43(52-42)22-21-40(11,51-43)36-18-19-41(47,14-3)31(10)48-36/h17,20,25-29,31-39,45-47H,12-16,18-19,21-24H2,1-11H3/t25-,26+,27-,28+,29-,31-,32-,33?,34+,35+,36+,37+,38?,39-,40-,41+,42-,43-/m0/s1. The Labute approximate surface area is 314 Å². The Morgan fingerprint density at radius 1 is 0.923 bits per heavy atom. The van der Waals surface area contributed by atoms with Crippen LogP contribution in [-0.4, -0.2) is 86.6 Å². The molecule has 0 aliphatic carbocycles. The van der Waals surface area contributed by atoms with E-state index in [2.05, 4.69) is 55.4 Å². The summed E-state index contributed by atoms with van der Waals surface area (Å²) in [5.41, 5.74) is -1.52. The van der Waals surface area contributed by atoms with Gasteiger partial charge in [-0.2, -0.15) is 0 Å². The van der Waals surface area contributed by atoms with Crippen LogP contribution in [0.3, 0.4) is 0 Å². The molecule has 0 aromatic heterocycles. The van der Waals surface area contributed by atoms with Gasteiger partial charge >= 0.3 is 0 Å². The molecule has 5 aliphatic heterocycles. The molecule has 2 spiro atoms. The molecule has 0 saturated carbocycles. The quantitative estimate of drug-likeness (QED) is 0.175. The zero-order chi connectivity index (χ0) is 38.4. The summed E-state index contributed by atoms with van der Waals surface area (Å²) in [6.45, 7) is 22.8. The molecule has 5 heterocycles. The Morgan fingerprint density at radius 3 is 2.25 bits per heavy atom. The number of carbonyl (C=O) groups is 1. The van der Waals surface area contributed by atoms with Gasteiger partial charge in [0.1, 0.15) is 11.9 Å². The lowest BCUT2D eigenvalue weighted by Gasteiger charge is -2.54. The second kappa shape index (κ2) is 16.3. The van der Waals surface area contributed by atoms with Crippen molar-refractivity contribution in [1.82, 2.24) is 0 Å². The fourth-order valence-electron chi connectivity index (χ4n) is 10.9. The Balaban J connectivity index is 1.28. The summed E-state index contributed by atoms with van der Waals surface area (Å²) in [6.07, 6.45) is 9.75. The molecular formula is C43H74O9. The lowest BCUT2D eigenvalue weighted by atomic mass is 9.73. The summed E-state index contributed by atoms with van der Waals surface area (Å²) >= 11 is 0. The van der Waals surface area contributed by atoms with Crippen LogP contribution in [0, 0.1) is 41.4 Å². The summed E-state index contributed by atoms with van der Waals surface area (Å²) in [6, 6.07) is 0. The summed E-state index contributed by atoms with van der Waals surface area (Å²) in [7, 11) is 0. The highest BCUT2D eigenvalue weighted by Crippen LogP contribution is 2.54. The maximum atomic E-state index is 12.4. The maximum absolute atomic E-state index is 12.4. The van der Waals surface area contributed by atoms with Gasteiger partial charge < -0.3 is 39.0 Å². The highest BCUT2D eigenvalue weighted by atomic mass is 16.8. The van der Waals surface area contributed by atoms with Crippen LogP contribution in [0.2, 0.25) is 0 Å². The smallest absolute Gasteiger partial charge is 0.202 e. The summed E-state index contributed by atoms with van der Waals surface area (Å²) in [4.78, 5) is 12.4. The van der Waals surface area contributed by atoms with Gasteiger partial charge in [-0.3, -0.25) is 4.79 Å². The molecule has 9 nitrogen and oxygen atoms in total. The van der Waals surface area contributed by atoms with Crippen LogP contribution in [-0.2, 0) is 28.5 Å². The summed E-state index contributed by atoms with van der Waals surface area (Å²) in [5, 5.41) is 34.3. The van der Waals surface area contributed by atoms with Crippen molar-refractivity contribution < 1.29 is 43.8 Å². The molecule has 300 valence electrons. The van der Waals surface area contributed by atoms with E-state index in [9.17, 15) is 20.1 Å². The van der Waals surface area contributed by atoms with Crippen molar-refractivity contribution in [2.45, 2.75) is 212 Å². The molecule has 5 aliphatic rings. The lowest BCUT2D eigenvalue weighted by molar-refractivity contribution is -0.410. The van der Waals surface area contributed by atoms with E-state index in [0.717, 1.165) is 38.5 Å². The highest BCUT2D eigenvalue weighted by Gasteiger charge is 2.63. The predicted octanol–water partition coefficient (Wildman–Crippen LogP) is 7.51. The summed E-state index contributed by atoms with van der Waals surface area (Å²) < 4.78 is 34.1. The zero-order valence-electron chi connectivity index (χ0n) is 34.3. The minimum Gasteiger partial charge on any atom is -0.392 e. The van der Waals surface area contributed by atoms with Gasteiger partial charge in [0.2, 0.25) is 5.79 Å². The minimum atomic E-state index is -1.26. The average molecular weight is 735 g/mol. The van der Waals surface area contributed by atoms with E-state index >= 15 is 0 Å². The Morgan fingerprint density at radius 2 is 1.63 bits per heavy atom. The minimum absolute atomic E-state index is 0.00936. The molecule has 0 bridgehead atoms. The second-order valence-electron chi connectivity index (χ2n) is 18.4. The summed E-state index contributed by atoms with van der Waals surface area (Å²) in [5.74, 6) is -1.49. The van der Waals surface area contributed by atoms with Gasteiger partial charge in [0.15, 0.2) is 5.79 Å². The van der Waals surface area contributed by atoms with E-state index in [1.54, 1.807) is 6.92 Å². The van der Waals surface area contributed by atoms with Gasteiger partial charge in [0, 0.05) is 24.2 Å². The maximum Gasteiger partial charge on any atom is 0.202 e. The van der Waals surface area contributed by atoms with Gasteiger partial charge in [-0.15, -0.1) is 0 Å². The van der Waals surface area contributed by atoms with E-state index in [4.69, 9.17) is 23.7 Å². The SMILES string of the molecule is CCC(C(C)=O)[C@H]1CC[C@H](C)C([C@@H](C)[C@H](O)[C@H](C)C[C@H](CC)[C@H]2O[C@]3(C=C[C@@H](O)[C@]4(CC[C@@](C)([C@H]5CC[C@](O)(CC)[C@H](C)O5)O4)O3)[C@H](C)C[C@@H]2C)O1.